The summed E-state index contributed by atoms with van der Waals surface area (Å²) in [7, 11) is 0. The minimum absolute atomic E-state index is 0.0758. The molecule has 0 aromatic heterocycles. The molecule has 8 heteroatoms. The molecule has 21 heavy (non-hydrogen) atoms. The Morgan fingerprint density at radius 3 is 2.14 bits per heavy atom. The van der Waals surface area contributed by atoms with Crippen molar-refractivity contribution in [2.75, 3.05) is 6.54 Å². The van der Waals surface area contributed by atoms with Gasteiger partial charge >= 0.3 is 18.2 Å². The monoisotopic (exact) mass is 308 g/mol. The lowest BCUT2D eigenvalue weighted by Gasteiger charge is -2.27. The van der Waals surface area contributed by atoms with E-state index < -0.39 is 23.7 Å². The Morgan fingerprint density at radius 1 is 1.14 bits per heavy atom. The number of rotatable bonds is 4. The van der Waals surface area contributed by atoms with Gasteiger partial charge < -0.3 is 15.7 Å². The van der Waals surface area contributed by atoms with Gasteiger partial charge in [-0.25, -0.2) is 4.79 Å². The summed E-state index contributed by atoms with van der Waals surface area (Å²) in [4.78, 5) is 22.3. The molecule has 5 nitrogen and oxygen atoms in total. The first-order valence-corrected chi connectivity index (χ1v) is 7.09. The number of amides is 2. The number of carboxylic acids is 1. The number of carbonyl (C=O) groups is 2. The largest absolute Gasteiger partial charge is 0.481 e. The van der Waals surface area contributed by atoms with Gasteiger partial charge in [0, 0.05) is 6.54 Å². The van der Waals surface area contributed by atoms with Gasteiger partial charge in [0.2, 0.25) is 0 Å². The fraction of sp³-hybridized carbons (Fsp3) is 0.846. The Balaban J connectivity index is 1.70. The van der Waals surface area contributed by atoms with Gasteiger partial charge in [0.25, 0.3) is 0 Å². The Labute approximate surface area is 120 Å². The number of carboxylic acid groups (broad SMARTS) is 1. The Morgan fingerprint density at radius 2 is 1.71 bits per heavy atom. The molecule has 0 saturated heterocycles. The van der Waals surface area contributed by atoms with Crippen molar-refractivity contribution in [1.82, 2.24) is 10.6 Å². The van der Waals surface area contributed by atoms with Crippen LogP contribution in [-0.2, 0) is 4.79 Å². The molecule has 0 spiro atoms. The van der Waals surface area contributed by atoms with E-state index in [1.807, 2.05) is 5.32 Å². The summed E-state index contributed by atoms with van der Waals surface area (Å²) in [5, 5.41) is 13.3. The van der Waals surface area contributed by atoms with E-state index in [0.29, 0.717) is 25.7 Å². The van der Waals surface area contributed by atoms with Crippen LogP contribution in [0.3, 0.4) is 0 Å². The molecule has 0 aliphatic heterocycles. The van der Waals surface area contributed by atoms with Gasteiger partial charge in [-0.15, -0.1) is 0 Å². The van der Waals surface area contributed by atoms with E-state index in [0.717, 1.165) is 0 Å². The molecule has 0 unspecified atom stereocenters. The number of hydrogen-bond donors (Lipinski definition) is 3. The predicted molar refractivity (Wildman–Crippen MR) is 67.6 cm³/mol. The number of halogens is 3. The first-order chi connectivity index (χ1) is 9.73. The Bertz CT molecular complexity index is 413. The maximum atomic E-state index is 12.7. The van der Waals surface area contributed by atoms with E-state index in [2.05, 4.69) is 5.32 Å². The topological polar surface area (TPSA) is 78.4 Å². The maximum Gasteiger partial charge on any atom is 0.411 e. The molecule has 0 radical (unpaired) electrons. The summed E-state index contributed by atoms with van der Waals surface area (Å²) >= 11 is 0. The fourth-order valence-electron chi connectivity index (χ4n) is 2.72. The van der Waals surface area contributed by atoms with Crippen molar-refractivity contribution >= 4 is 12.0 Å². The third kappa shape index (κ3) is 3.79. The van der Waals surface area contributed by atoms with Gasteiger partial charge in [0.1, 0.15) is 5.54 Å². The molecule has 2 amide bonds. The van der Waals surface area contributed by atoms with E-state index in [9.17, 15) is 22.8 Å². The zero-order valence-corrected chi connectivity index (χ0v) is 11.5. The number of nitrogens with one attached hydrogen (secondary N) is 2. The van der Waals surface area contributed by atoms with Crippen LogP contribution >= 0.6 is 0 Å². The lowest BCUT2D eigenvalue weighted by atomic mass is 9.82. The van der Waals surface area contributed by atoms with Gasteiger partial charge in [-0.2, -0.15) is 13.2 Å². The van der Waals surface area contributed by atoms with E-state index in [-0.39, 0.29) is 31.2 Å². The van der Waals surface area contributed by atoms with Crippen LogP contribution in [0.4, 0.5) is 18.0 Å². The quantitative estimate of drug-likeness (QED) is 0.745. The number of carbonyl (C=O) groups excluding carboxylic acids is 1. The zero-order chi connectivity index (χ0) is 15.7. The molecule has 2 aliphatic carbocycles. The Kier molecular flexibility index (Phi) is 4.34. The summed E-state index contributed by atoms with van der Waals surface area (Å²) in [6, 6.07) is -0.801. The molecule has 2 rings (SSSR count). The minimum atomic E-state index is -4.41. The number of urea groups is 1. The minimum Gasteiger partial charge on any atom is -0.481 e. The molecule has 120 valence electrons. The van der Waals surface area contributed by atoms with Crippen LogP contribution in [0.5, 0.6) is 0 Å². The van der Waals surface area contributed by atoms with E-state index in [4.69, 9.17) is 5.11 Å². The van der Waals surface area contributed by atoms with Crippen LogP contribution in [0.2, 0.25) is 0 Å². The number of aliphatic carboxylic acids is 1. The molecule has 2 saturated carbocycles. The van der Waals surface area contributed by atoms with Gasteiger partial charge in [-0.1, -0.05) is 0 Å². The molecule has 2 aliphatic rings. The van der Waals surface area contributed by atoms with Crippen molar-refractivity contribution in [2.24, 2.45) is 11.8 Å². The van der Waals surface area contributed by atoms with Gasteiger partial charge in [-0.3, -0.25) is 4.79 Å². The average molecular weight is 308 g/mol. The summed E-state index contributed by atoms with van der Waals surface area (Å²) in [5.41, 5.74) is -2.04. The lowest BCUT2D eigenvalue weighted by molar-refractivity contribution is -0.162. The second kappa shape index (κ2) is 5.73. The van der Waals surface area contributed by atoms with E-state index in [1.54, 1.807) is 0 Å². The highest BCUT2D eigenvalue weighted by molar-refractivity contribution is 5.75. The van der Waals surface area contributed by atoms with Gasteiger partial charge in [-0.05, 0) is 44.4 Å². The highest BCUT2D eigenvalue weighted by Crippen LogP contribution is 2.48. The first-order valence-electron chi connectivity index (χ1n) is 7.09. The molecule has 2 fully saturated rings. The fourth-order valence-corrected chi connectivity index (χ4v) is 2.72. The molecule has 0 bridgehead atoms. The second-order valence-corrected chi connectivity index (χ2v) is 5.97. The summed E-state index contributed by atoms with van der Waals surface area (Å²) in [5.74, 6) is -1.01. The van der Waals surface area contributed by atoms with Crippen LogP contribution in [0.1, 0.15) is 38.5 Å². The van der Waals surface area contributed by atoms with Crippen LogP contribution < -0.4 is 10.6 Å². The number of alkyl halides is 3. The van der Waals surface area contributed by atoms with Crippen molar-refractivity contribution in [1.29, 1.82) is 0 Å². The van der Waals surface area contributed by atoms with Gasteiger partial charge in [0.15, 0.2) is 0 Å². The second-order valence-electron chi connectivity index (χ2n) is 5.97. The van der Waals surface area contributed by atoms with Crippen LogP contribution in [0.15, 0.2) is 0 Å². The molecule has 0 atom stereocenters. The zero-order valence-electron chi connectivity index (χ0n) is 11.5. The normalized spacial score (nSPS) is 27.8. The smallest absolute Gasteiger partial charge is 0.411 e. The highest BCUT2D eigenvalue weighted by Gasteiger charge is 2.64. The Hall–Kier alpha value is -1.47. The highest BCUT2D eigenvalue weighted by atomic mass is 19.4. The third-order valence-corrected chi connectivity index (χ3v) is 4.39. The van der Waals surface area contributed by atoms with Crippen molar-refractivity contribution in [3.05, 3.63) is 0 Å². The van der Waals surface area contributed by atoms with Crippen molar-refractivity contribution in [3.8, 4) is 0 Å². The lowest BCUT2D eigenvalue weighted by Crippen LogP contribution is -2.52. The molecular formula is C13H19F3N2O3. The van der Waals surface area contributed by atoms with Crippen molar-refractivity contribution in [2.45, 2.75) is 50.2 Å². The average Bonchev–Trinajstić information content (AvgIpc) is 3.17. The summed E-state index contributed by atoms with van der Waals surface area (Å²) in [6.07, 6.45) is -2.12. The van der Waals surface area contributed by atoms with Crippen LogP contribution in [0.25, 0.3) is 0 Å². The molecular weight excluding hydrogens is 289 g/mol. The maximum absolute atomic E-state index is 12.7. The van der Waals surface area contributed by atoms with Gasteiger partial charge in [0.05, 0.1) is 5.92 Å². The molecule has 0 heterocycles. The van der Waals surface area contributed by atoms with E-state index >= 15 is 0 Å². The predicted octanol–water partition coefficient (Wildman–Crippen LogP) is 2.27. The third-order valence-electron chi connectivity index (χ3n) is 4.39. The summed E-state index contributed by atoms with van der Waals surface area (Å²) in [6.45, 7) is 0.284. The molecule has 0 aromatic carbocycles. The molecule has 3 N–H and O–H groups in total. The number of hydrogen-bond acceptors (Lipinski definition) is 2. The van der Waals surface area contributed by atoms with Crippen molar-refractivity contribution < 1.29 is 27.9 Å². The van der Waals surface area contributed by atoms with Crippen molar-refractivity contribution in [3.63, 3.8) is 0 Å². The first kappa shape index (κ1) is 15.9. The van der Waals surface area contributed by atoms with E-state index in [1.165, 1.54) is 0 Å². The SMILES string of the molecule is O=C(NCC1CCC(C(=O)O)CC1)NC1(C(F)(F)F)CC1. The van der Waals surface area contributed by atoms with Crippen LogP contribution in [0, 0.1) is 11.8 Å². The van der Waals surface area contributed by atoms with Crippen LogP contribution in [-0.4, -0.2) is 35.4 Å². The summed E-state index contributed by atoms with van der Waals surface area (Å²) < 4.78 is 38.0. The molecule has 0 aromatic rings. The standard InChI is InChI=1S/C13H19F3N2O3/c14-13(15,16)12(5-6-12)18-11(21)17-7-8-1-3-9(4-2-8)10(19)20/h8-9H,1-7H2,(H,19,20)(H2,17,18,21).